The van der Waals surface area contributed by atoms with Crippen LogP contribution in [0.5, 0.6) is 0 Å². The molecule has 0 aromatic carbocycles. The maximum Gasteiger partial charge on any atom is 0.472 e. The molecule has 0 radical (unpaired) electrons. The van der Waals surface area contributed by atoms with E-state index in [1.54, 1.807) is 0 Å². The van der Waals surface area contributed by atoms with Crippen molar-refractivity contribution in [2.75, 3.05) is 39.6 Å². The number of unbranched alkanes of at least 4 members (excludes halogenated alkanes) is 38. The topological polar surface area (TPSA) is 237 Å². The summed E-state index contributed by atoms with van der Waals surface area (Å²) in [7, 11) is -9.91. The predicted molar refractivity (Wildman–Crippen MR) is 386 cm³/mol. The smallest absolute Gasteiger partial charge is 0.462 e. The van der Waals surface area contributed by atoms with Crippen LogP contribution in [0.25, 0.3) is 0 Å². The zero-order valence-corrected chi connectivity index (χ0v) is 64.1. The second-order valence-electron chi connectivity index (χ2n) is 29.1. The molecular weight excluding hydrogens is 1250 g/mol. The van der Waals surface area contributed by atoms with Crippen LogP contribution in [0.4, 0.5) is 0 Å². The van der Waals surface area contributed by atoms with Crippen LogP contribution < -0.4 is 0 Å². The standard InChI is InChI=1S/C76H148O17P2/c1-9-69(8)55-47-39-31-25-26-34-43-51-59-76(81)93-72(63-87-74(79)57-49-41-35-27-30-38-46-54-68(6)7)65-91-95(84,85)89-61-70(77)60-88-94(82,83)90-64-71(92-75(80)58-50-42-33-24-20-22-29-37-45-53-67(4)5)62-86-73(78)56-48-40-32-23-19-17-15-13-11-10-12-14-16-18-21-28-36-44-52-66(2)3/h66-72,77H,9-65H2,1-8H3,(H,82,83)(H,84,85)/t69?,70?,71-,72-/m1/s1. The second kappa shape index (κ2) is 65.4. The zero-order valence-electron chi connectivity index (χ0n) is 62.3. The van der Waals surface area contributed by atoms with Crippen LogP contribution in [0.15, 0.2) is 0 Å². The van der Waals surface area contributed by atoms with Gasteiger partial charge in [0.1, 0.15) is 19.3 Å². The predicted octanol–water partition coefficient (Wildman–Crippen LogP) is 22.0. The van der Waals surface area contributed by atoms with E-state index < -0.39 is 97.5 Å². The van der Waals surface area contributed by atoms with E-state index in [0.717, 1.165) is 114 Å². The Balaban J connectivity index is 5.18. The minimum absolute atomic E-state index is 0.104. The van der Waals surface area contributed by atoms with Gasteiger partial charge in [0, 0.05) is 25.7 Å². The maximum absolute atomic E-state index is 13.1. The fraction of sp³-hybridized carbons (Fsp3) is 0.947. The summed E-state index contributed by atoms with van der Waals surface area (Å²) >= 11 is 0. The van der Waals surface area contributed by atoms with Crippen molar-refractivity contribution in [2.24, 2.45) is 23.7 Å². The van der Waals surface area contributed by atoms with Crippen LogP contribution in [0.1, 0.15) is 383 Å². The Morgan fingerprint density at radius 2 is 0.505 bits per heavy atom. The highest BCUT2D eigenvalue weighted by molar-refractivity contribution is 7.47. The molecule has 19 heteroatoms. The quantitative estimate of drug-likeness (QED) is 0.0222. The molecule has 95 heavy (non-hydrogen) atoms. The molecule has 0 aliphatic rings. The molecule has 0 bridgehead atoms. The first-order chi connectivity index (χ1) is 45.6. The van der Waals surface area contributed by atoms with Gasteiger partial charge in [0.2, 0.25) is 0 Å². The molecule has 0 amide bonds. The lowest BCUT2D eigenvalue weighted by atomic mass is 9.99. The van der Waals surface area contributed by atoms with Crippen LogP contribution in [0.3, 0.4) is 0 Å². The fourth-order valence-electron chi connectivity index (χ4n) is 11.5. The first-order valence-electron chi connectivity index (χ1n) is 39.2. The van der Waals surface area contributed by atoms with Gasteiger partial charge >= 0.3 is 39.5 Å². The Hall–Kier alpha value is -1.94. The normalized spacial score (nSPS) is 14.4. The summed E-state index contributed by atoms with van der Waals surface area (Å²) in [4.78, 5) is 72.7. The molecule has 0 aliphatic carbocycles. The van der Waals surface area contributed by atoms with E-state index in [1.165, 1.54) is 180 Å². The van der Waals surface area contributed by atoms with Gasteiger partial charge in [0.15, 0.2) is 12.2 Å². The van der Waals surface area contributed by atoms with Gasteiger partial charge in [-0.3, -0.25) is 37.3 Å². The van der Waals surface area contributed by atoms with Crippen LogP contribution in [0.2, 0.25) is 0 Å². The molecule has 0 heterocycles. The first-order valence-corrected chi connectivity index (χ1v) is 42.2. The van der Waals surface area contributed by atoms with Gasteiger partial charge in [-0.25, -0.2) is 9.13 Å². The highest BCUT2D eigenvalue weighted by atomic mass is 31.2. The number of phosphoric ester groups is 2. The van der Waals surface area contributed by atoms with Gasteiger partial charge < -0.3 is 33.8 Å². The largest absolute Gasteiger partial charge is 0.472 e. The van der Waals surface area contributed by atoms with E-state index in [1.807, 2.05) is 0 Å². The molecular formula is C76H148O17P2. The molecule has 0 saturated carbocycles. The molecule has 0 fully saturated rings. The number of ether oxygens (including phenoxy) is 4. The van der Waals surface area contributed by atoms with Crippen molar-refractivity contribution >= 4 is 39.5 Å². The number of carbonyl (C=O) groups is 4. The first kappa shape index (κ1) is 93.1. The van der Waals surface area contributed by atoms with E-state index in [2.05, 4.69) is 55.4 Å². The number of hydrogen-bond donors (Lipinski definition) is 3. The highest BCUT2D eigenvalue weighted by Crippen LogP contribution is 2.45. The summed E-state index contributed by atoms with van der Waals surface area (Å²) in [6.45, 7) is 14.1. The SMILES string of the molecule is CCC(C)CCCCCCCCCCC(=O)O[C@H](COC(=O)CCCCCCCCCC(C)C)COP(=O)(O)OCC(O)COP(=O)(O)OC[C@@H](COC(=O)CCCCCCCCCCCCCCCCCCCCC(C)C)OC(=O)CCCCCCCCCCCC(C)C. The van der Waals surface area contributed by atoms with Crippen molar-refractivity contribution in [3.63, 3.8) is 0 Å². The molecule has 17 nitrogen and oxygen atoms in total. The Kier molecular flexibility index (Phi) is 64.0. The third-order valence-electron chi connectivity index (χ3n) is 17.9. The summed E-state index contributed by atoms with van der Waals surface area (Å²) in [5, 5.41) is 10.6. The lowest BCUT2D eigenvalue weighted by molar-refractivity contribution is -0.161. The minimum atomic E-state index is -4.96. The van der Waals surface area contributed by atoms with Crippen molar-refractivity contribution < 1.29 is 80.2 Å². The lowest BCUT2D eigenvalue weighted by Gasteiger charge is -2.21. The maximum atomic E-state index is 13.1. The lowest BCUT2D eigenvalue weighted by Crippen LogP contribution is -2.30. The van der Waals surface area contributed by atoms with Crippen LogP contribution in [-0.4, -0.2) is 96.7 Å². The van der Waals surface area contributed by atoms with Crippen LogP contribution >= 0.6 is 15.6 Å². The number of phosphoric acid groups is 2. The molecule has 0 saturated heterocycles. The van der Waals surface area contributed by atoms with Crippen LogP contribution in [-0.2, 0) is 65.4 Å². The molecule has 3 N–H and O–H groups in total. The second-order valence-corrected chi connectivity index (χ2v) is 32.0. The van der Waals surface area contributed by atoms with E-state index in [-0.39, 0.29) is 25.7 Å². The van der Waals surface area contributed by atoms with Gasteiger partial charge in [-0.2, -0.15) is 0 Å². The number of esters is 4. The van der Waals surface area contributed by atoms with E-state index in [9.17, 15) is 43.2 Å². The monoisotopic (exact) mass is 1400 g/mol. The Labute approximate surface area is 581 Å². The van der Waals surface area contributed by atoms with Crippen molar-refractivity contribution in [3.8, 4) is 0 Å². The van der Waals surface area contributed by atoms with E-state index in [4.69, 9.17) is 37.0 Å². The van der Waals surface area contributed by atoms with Gasteiger partial charge in [0.25, 0.3) is 0 Å². The molecule has 4 unspecified atom stereocenters. The molecule has 0 aliphatic heterocycles. The Morgan fingerprint density at radius 3 is 0.747 bits per heavy atom. The molecule has 0 rings (SSSR count). The van der Waals surface area contributed by atoms with E-state index >= 15 is 0 Å². The van der Waals surface area contributed by atoms with Gasteiger partial charge in [-0.1, -0.05) is 331 Å². The van der Waals surface area contributed by atoms with E-state index in [0.29, 0.717) is 31.6 Å². The molecule has 564 valence electrons. The number of aliphatic hydroxyl groups excluding tert-OH is 1. The van der Waals surface area contributed by atoms with Crippen molar-refractivity contribution in [2.45, 2.75) is 401 Å². The van der Waals surface area contributed by atoms with Crippen molar-refractivity contribution in [3.05, 3.63) is 0 Å². The molecule has 0 aromatic rings. The number of hydrogen-bond acceptors (Lipinski definition) is 15. The third-order valence-corrected chi connectivity index (χ3v) is 19.8. The highest BCUT2D eigenvalue weighted by Gasteiger charge is 2.30. The minimum Gasteiger partial charge on any atom is -0.462 e. The van der Waals surface area contributed by atoms with Crippen molar-refractivity contribution in [1.29, 1.82) is 0 Å². The molecule has 6 atom stereocenters. The average molecular weight is 1400 g/mol. The van der Waals surface area contributed by atoms with Crippen LogP contribution in [0, 0.1) is 23.7 Å². The molecule has 0 spiro atoms. The summed E-state index contributed by atoms with van der Waals surface area (Å²) in [6.07, 6.45) is 50.2. The van der Waals surface area contributed by atoms with Gasteiger partial charge in [-0.05, 0) is 49.4 Å². The van der Waals surface area contributed by atoms with Gasteiger partial charge in [0.05, 0.1) is 26.4 Å². The third kappa shape index (κ3) is 69.0. The number of carbonyl (C=O) groups excluding carboxylic acids is 4. The van der Waals surface area contributed by atoms with Crippen molar-refractivity contribution in [1.82, 2.24) is 0 Å². The number of aliphatic hydroxyl groups is 1. The summed E-state index contributed by atoms with van der Waals surface area (Å²) in [5.41, 5.74) is 0. The van der Waals surface area contributed by atoms with Gasteiger partial charge in [-0.15, -0.1) is 0 Å². The fourth-order valence-corrected chi connectivity index (χ4v) is 13.1. The summed E-state index contributed by atoms with van der Waals surface area (Å²) in [6, 6.07) is 0. The zero-order chi connectivity index (χ0) is 70.3. The summed E-state index contributed by atoms with van der Waals surface area (Å²) in [5.74, 6) is 0.909. The molecule has 0 aromatic heterocycles. The summed E-state index contributed by atoms with van der Waals surface area (Å²) < 4.78 is 68.5. The average Bonchev–Trinajstić information content (AvgIpc) is 1.28. The Morgan fingerprint density at radius 1 is 0.295 bits per heavy atom. The number of rotatable bonds is 73. The Bertz CT molecular complexity index is 1870.